The predicted octanol–water partition coefficient (Wildman–Crippen LogP) is 4.00. The normalized spacial score (nSPS) is 12.8. The smallest absolute Gasteiger partial charge is 0.220 e. The van der Waals surface area contributed by atoms with Crippen LogP contribution in [-0.2, 0) is 30.8 Å². The maximum absolute atomic E-state index is 12.4. The Bertz CT molecular complexity index is 1160. The lowest BCUT2D eigenvalue weighted by Gasteiger charge is -2.18. The quantitative estimate of drug-likeness (QED) is 0.264. The summed E-state index contributed by atoms with van der Waals surface area (Å²) in [7, 11) is 0. The molecule has 0 unspecified atom stereocenters. The molecule has 0 saturated heterocycles. The van der Waals surface area contributed by atoms with Crippen LogP contribution in [0.25, 0.3) is 0 Å². The van der Waals surface area contributed by atoms with Gasteiger partial charge in [-0.05, 0) is 79.1 Å². The highest BCUT2D eigenvalue weighted by atomic mass is 16.3. The lowest BCUT2D eigenvalue weighted by molar-refractivity contribution is -0.121. The number of aromatic hydroxyl groups is 1. The molecule has 0 saturated carbocycles. The van der Waals surface area contributed by atoms with E-state index in [-0.39, 0.29) is 24.3 Å². The number of rotatable bonds is 12. The van der Waals surface area contributed by atoms with Crippen LogP contribution in [0.5, 0.6) is 5.75 Å². The second kappa shape index (κ2) is 13.2. The van der Waals surface area contributed by atoms with E-state index in [9.17, 15) is 20.1 Å². The number of phenols is 1. The van der Waals surface area contributed by atoms with Crippen LogP contribution >= 0.6 is 0 Å². The Kier molecular flexibility index (Phi) is 10.1. The summed E-state index contributed by atoms with van der Waals surface area (Å²) in [6.07, 6.45) is 1.17. The van der Waals surface area contributed by atoms with Crippen molar-refractivity contribution in [3.8, 4) is 5.75 Å². The largest absolute Gasteiger partial charge is 0.508 e. The van der Waals surface area contributed by atoms with Crippen LogP contribution < -0.4 is 10.6 Å². The van der Waals surface area contributed by atoms with E-state index in [4.69, 9.17) is 0 Å². The van der Waals surface area contributed by atoms with Crippen LogP contribution in [0, 0.1) is 13.8 Å². The predicted molar refractivity (Wildman–Crippen MR) is 143 cm³/mol. The monoisotopic (exact) mass is 490 g/mol. The topological polar surface area (TPSA) is 102 Å². The molecule has 2 atom stereocenters. The molecule has 0 bridgehead atoms. The number of aliphatic hydroxyl groups excluding tert-OH is 2. The van der Waals surface area contributed by atoms with Gasteiger partial charge >= 0.3 is 0 Å². The van der Waals surface area contributed by atoms with Gasteiger partial charge in [0.25, 0.3) is 0 Å². The molecule has 0 aliphatic rings. The SMILES string of the molecule is Cc1ccc(CNC(=O)CCc2cccc(C[C@@H](C)NC[C@@H](O)c3ccc(O)c(CO)c3)c2)cc1C. The summed E-state index contributed by atoms with van der Waals surface area (Å²) in [4.78, 5) is 12.4. The van der Waals surface area contributed by atoms with Gasteiger partial charge in [0.15, 0.2) is 0 Å². The zero-order chi connectivity index (χ0) is 26.1. The second-order valence-corrected chi connectivity index (χ2v) is 9.59. The van der Waals surface area contributed by atoms with Gasteiger partial charge in [-0.2, -0.15) is 0 Å². The highest BCUT2D eigenvalue weighted by Gasteiger charge is 2.12. The van der Waals surface area contributed by atoms with E-state index >= 15 is 0 Å². The van der Waals surface area contributed by atoms with E-state index in [1.807, 2.05) is 12.1 Å². The molecule has 5 N–H and O–H groups in total. The maximum atomic E-state index is 12.4. The summed E-state index contributed by atoms with van der Waals surface area (Å²) in [5.74, 6) is 0.0646. The number of nitrogens with one attached hydrogen (secondary N) is 2. The Labute approximate surface area is 214 Å². The molecular weight excluding hydrogens is 452 g/mol. The van der Waals surface area contributed by atoms with Gasteiger partial charge in [-0.25, -0.2) is 0 Å². The molecule has 0 aromatic heterocycles. The number of hydrogen-bond acceptors (Lipinski definition) is 5. The molecule has 0 aliphatic heterocycles. The van der Waals surface area contributed by atoms with Crippen LogP contribution in [0.15, 0.2) is 60.7 Å². The van der Waals surface area contributed by atoms with Crippen molar-refractivity contribution in [1.29, 1.82) is 0 Å². The van der Waals surface area contributed by atoms with Gasteiger partial charge in [-0.15, -0.1) is 0 Å². The average molecular weight is 491 g/mol. The van der Waals surface area contributed by atoms with E-state index in [1.54, 1.807) is 12.1 Å². The average Bonchev–Trinajstić information content (AvgIpc) is 2.87. The number of carbonyl (C=O) groups excluding carboxylic acids is 1. The van der Waals surface area contributed by atoms with Crippen LogP contribution in [0.2, 0.25) is 0 Å². The molecule has 192 valence electrons. The summed E-state index contributed by atoms with van der Waals surface area (Å²) >= 11 is 0. The summed E-state index contributed by atoms with van der Waals surface area (Å²) in [6, 6.07) is 19.4. The second-order valence-electron chi connectivity index (χ2n) is 9.59. The minimum Gasteiger partial charge on any atom is -0.508 e. The van der Waals surface area contributed by atoms with Crippen LogP contribution in [0.1, 0.15) is 58.4 Å². The molecule has 0 radical (unpaired) electrons. The van der Waals surface area contributed by atoms with Crippen LogP contribution in [0.4, 0.5) is 0 Å². The fourth-order valence-corrected chi connectivity index (χ4v) is 4.17. The van der Waals surface area contributed by atoms with E-state index < -0.39 is 6.10 Å². The Morgan fingerprint density at radius 2 is 1.72 bits per heavy atom. The third kappa shape index (κ3) is 8.19. The van der Waals surface area contributed by atoms with Crippen molar-refractivity contribution >= 4 is 5.91 Å². The highest BCUT2D eigenvalue weighted by molar-refractivity contribution is 5.76. The molecule has 0 spiro atoms. The van der Waals surface area contributed by atoms with Gasteiger partial charge in [0.05, 0.1) is 12.7 Å². The van der Waals surface area contributed by atoms with Gasteiger partial charge in [-0.3, -0.25) is 4.79 Å². The van der Waals surface area contributed by atoms with E-state index in [0.717, 1.165) is 17.5 Å². The zero-order valence-corrected chi connectivity index (χ0v) is 21.4. The van der Waals surface area contributed by atoms with Gasteiger partial charge < -0.3 is 26.0 Å². The first-order valence-electron chi connectivity index (χ1n) is 12.5. The minimum absolute atomic E-state index is 0.0218. The van der Waals surface area contributed by atoms with Gasteiger partial charge in [0.2, 0.25) is 5.91 Å². The molecule has 0 fully saturated rings. The number of benzene rings is 3. The number of carbonyl (C=O) groups is 1. The number of aliphatic hydroxyl groups is 2. The molecule has 0 aliphatic carbocycles. The highest BCUT2D eigenvalue weighted by Crippen LogP contribution is 2.22. The first kappa shape index (κ1) is 27.4. The van der Waals surface area contributed by atoms with Crippen LogP contribution in [-0.4, -0.2) is 33.8 Å². The van der Waals surface area contributed by atoms with E-state index in [2.05, 4.69) is 61.7 Å². The van der Waals surface area contributed by atoms with Crippen molar-refractivity contribution in [2.24, 2.45) is 0 Å². The zero-order valence-electron chi connectivity index (χ0n) is 21.4. The maximum Gasteiger partial charge on any atom is 0.220 e. The molecule has 3 rings (SSSR count). The van der Waals surface area contributed by atoms with Crippen molar-refractivity contribution in [1.82, 2.24) is 10.6 Å². The van der Waals surface area contributed by atoms with Gasteiger partial charge in [-0.1, -0.05) is 48.5 Å². The molecule has 3 aromatic carbocycles. The lowest BCUT2D eigenvalue weighted by atomic mass is 10.0. The first-order valence-corrected chi connectivity index (χ1v) is 12.5. The Morgan fingerprint density at radius 3 is 2.47 bits per heavy atom. The van der Waals surface area contributed by atoms with Crippen molar-refractivity contribution in [3.63, 3.8) is 0 Å². The Balaban J connectivity index is 1.44. The van der Waals surface area contributed by atoms with E-state index in [0.29, 0.717) is 37.1 Å². The van der Waals surface area contributed by atoms with Gasteiger partial charge in [0, 0.05) is 31.1 Å². The summed E-state index contributed by atoms with van der Waals surface area (Å²) < 4.78 is 0. The Morgan fingerprint density at radius 1 is 0.944 bits per heavy atom. The molecule has 3 aromatic rings. The molecule has 36 heavy (non-hydrogen) atoms. The molecule has 6 heteroatoms. The molecule has 6 nitrogen and oxygen atoms in total. The summed E-state index contributed by atoms with van der Waals surface area (Å²) in [6.45, 7) is 6.85. The Hall–Kier alpha value is -3.19. The molecular formula is C30H38N2O4. The van der Waals surface area contributed by atoms with Crippen molar-refractivity contribution in [3.05, 3.63) is 99.6 Å². The fraction of sp³-hybridized carbons (Fsp3) is 0.367. The number of aryl methyl sites for hydroxylation is 3. The third-order valence-electron chi connectivity index (χ3n) is 6.55. The van der Waals surface area contributed by atoms with Gasteiger partial charge in [0.1, 0.15) is 5.75 Å². The number of hydrogen-bond donors (Lipinski definition) is 5. The fourth-order valence-electron chi connectivity index (χ4n) is 4.17. The third-order valence-corrected chi connectivity index (χ3v) is 6.55. The molecule has 0 heterocycles. The van der Waals surface area contributed by atoms with Crippen LogP contribution in [0.3, 0.4) is 0 Å². The summed E-state index contributed by atoms with van der Waals surface area (Å²) in [5.41, 5.74) is 6.93. The van der Waals surface area contributed by atoms with Crippen molar-refractivity contribution in [2.45, 2.75) is 65.3 Å². The number of amides is 1. The molecule has 1 amide bonds. The van der Waals surface area contributed by atoms with Crippen molar-refractivity contribution < 1.29 is 20.1 Å². The first-order chi connectivity index (χ1) is 17.2. The standard InChI is InChI=1S/C30H38N2O4/c1-20-7-8-25(13-21(20)2)17-32-30(36)12-9-23-5-4-6-24(15-23)14-22(3)31-18-29(35)26-10-11-28(34)27(16-26)19-33/h4-8,10-11,13,15-16,22,29,31,33-35H,9,12,14,17-19H2,1-3H3,(H,32,36)/t22-,29-/m1/s1. The van der Waals surface area contributed by atoms with E-state index in [1.165, 1.54) is 22.8 Å². The summed E-state index contributed by atoms with van der Waals surface area (Å²) in [5, 5.41) is 35.9. The minimum atomic E-state index is -0.743. The lowest BCUT2D eigenvalue weighted by Crippen LogP contribution is -2.32. The van der Waals surface area contributed by atoms with Crippen molar-refractivity contribution in [2.75, 3.05) is 6.54 Å².